The largest absolute Gasteiger partial charge is 0.457 e. The molecule has 0 aliphatic carbocycles. The number of aldehydes is 1. The Hall–Kier alpha value is -1.48. The number of benzene rings is 1. The molecule has 0 saturated carbocycles. The number of hydrogen-bond acceptors (Lipinski definition) is 3. The van der Waals surface area contributed by atoms with Crippen LogP contribution in [-0.4, -0.2) is 6.29 Å². The number of carbonyl (C=O) groups is 1. The van der Waals surface area contributed by atoms with Crippen molar-refractivity contribution in [1.82, 2.24) is 0 Å². The van der Waals surface area contributed by atoms with E-state index in [1.54, 1.807) is 17.8 Å². The molecular formula is C14H14O2S. The highest BCUT2D eigenvalue weighted by Gasteiger charge is 2.04. The summed E-state index contributed by atoms with van der Waals surface area (Å²) < 4.78 is 5.33. The molecule has 0 aliphatic heterocycles. The zero-order valence-electron chi connectivity index (χ0n) is 9.90. The van der Waals surface area contributed by atoms with E-state index in [9.17, 15) is 4.79 Å². The number of carbonyl (C=O) groups excluding carboxylic acids is 1. The lowest BCUT2D eigenvalue weighted by molar-refractivity contribution is 0.109. The molecular weight excluding hydrogens is 232 g/mol. The predicted molar refractivity (Wildman–Crippen MR) is 69.6 cm³/mol. The fourth-order valence-electron chi connectivity index (χ4n) is 1.65. The summed E-state index contributed by atoms with van der Waals surface area (Å²) in [5.74, 6) is 1.97. The summed E-state index contributed by atoms with van der Waals surface area (Å²) in [5.41, 5.74) is 2.55. The van der Waals surface area contributed by atoms with Gasteiger partial charge in [0.05, 0.1) is 5.75 Å². The standard InChI is InChI=1S/C14H14O2S/c1-10-3-6-14(11(2)7-10)17-9-13-5-4-12(8-15)16-13/h3-8H,9H2,1-2H3. The van der Waals surface area contributed by atoms with Crippen LogP contribution < -0.4 is 0 Å². The van der Waals surface area contributed by atoms with Gasteiger partial charge in [-0.1, -0.05) is 17.7 Å². The van der Waals surface area contributed by atoms with Crippen molar-refractivity contribution in [1.29, 1.82) is 0 Å². The highest BCUT2D eigenvalue weighted by Crippen LogP contribution is 2.27. The molecule has 1 aromatic carbocycles. The molecule has 0 amide bonds. The van der Waals surface area contributed by atoms with E-state index in [0.717, 1.165) is 17.8 Å². The van der Waals surface area contributed by atoms with Crippen molar-refractivity contribution < 1.29 is 9.21 Å². The van der Waals surface area contributed by atoms with Crippen LogP contribution in [0.1, 0.15) is 27.4 Å². The van der Waals surface area contributed by atoms with Gasteiger partial charge in [-0.25, -0.2) is 0 Å². The Morgan fingerprint density at radius 1 is 1.24 bits per heavy atom. The molecule has 2 nitrogen and oxygen atoms in total. The third kappa shape index (κ3) is 3.01. The Bertz CT molecular complexity index is 529. The van der Waals surface area contributed by atoms with Crippen LogP contribution in [-0.2, 0) is 5.75 Å². The van der Waals surface area contributed by atoms with Crippen LogP contribution in [0.5, 0.6) is 0 Å². The first-order valence-electron chi connectivity index (χ1n) is 5.43. The lowest BCUT2D eigenvalue weighted by atomic mass is 10.2. The Balaban J connectivity index is 2.04. The molecule has 0 saturated heterocycles. The number of aryl methyl sites for hydroxylation is 2. The predicted octanol–water partition coefficient (Wildman–Crippen LogP) is 4.00. The maximum absolute atomic E-state index is 10.5. The Morgan fingerprint density at radius 2 is 2.06 bits per heavy atom. The molecule has 1 aromatic heterocycles. The number of furan rings is 1. The van der Waals surface area contributed by atoms with Crippen LogP contribution in [0.4, 0.5) is 0 Å². The third-order valence-electron chi connectivity index (χ3n) is 2.50. The van der Waals surface area contributed by atoms with Crippen LogP contribution in [0, 0.1) is 13.8 Å². The Morgan fingerprint density at radius 3 is 2.71 bits per heavy atom. The summed E-state index contributed by atoms with van der Waals surface area (Å²) in [7, 11) is 0. The van der Waals surface area contributed by atoms with Gasteiger partial charge in [0.1, 0.15) is 5.76 Å². The molecule has 0 N–H and O–H groups in total. The van der Waals surface area contributed by atoms with Crippen LogP contribution in [0.25, 0.3) is 0 Å². The maximum Gasteiger partial charge on any atom is 0.185 e. The van der Waals surface area contributed by atoms with Gasteiger partial charge < -0.3 is 4.42 Å². The van der Waals surface area contributed by atoms with E-state index >= 15 is 0 Å². The molecule has 0 radical (unpaired) electrons. The van der Waals surface area contributed by atoms with Gasteiger partial charge in [0.15, 0.2) is 12.0 Å². The molecule has 0 fully saturated rings. The minimum atomic E-state index is 0.390. The van der Waals surface area contributed by atoms with Crippen LogP contribution in [0.15, 0.2) is 39.6 Å². The summed E-state index contributed by atoms with van der Waals surface area (Å²) in [5, 5.41) is 0. The zero-order chi connectivity index (χ0) is 12.3. The summed E-state index contributed by atoms with van der Waals surface area (Å²) >= 11 is 1.72. The maximum atomic E-state index is 10.5. The van der Waals surface area contributed by atoms with Gasteiger partial charge in [0, 0.05) is 4.90 Å². The van der Waals surface area contributed by atoms with Crippen molar-refractivity contribution in [2.24, 2.45) is 0 Å². The highest BCUT2D eigenvalue weighted by molar-refractivity contribution is 7.98. The second-order valence-corrected chi connectivity index (χ2v) is 5.00. The van der Waals surface area contributed by atoms with Crippen molar-refractivity contribution >= 4 is 18.0 Å². The molecule has 3 heteroatoms. The van der Waals surface area contributed by atoms with Crippen molar-refractivity contribution in [2.75, 3.05) is 0 Å². The Kier molecular flexibility index (Phi) is 3.69. The van der Waals surface area contributed by atoms with Gasteiger partial charge in [-0.2, -0.15) is 0 Å². The zero-order valence-corrected chi connectivity index (χ0v) is 10.7. The minimum Gasteiger partial charge on any atom is -0.457 e. The van der Waals surface area contributed by atoms with Gasteiger partial charge in [0.2, 0.25) is 0 Å². The number of thioether (sulfide) groups is 1. The first kappa shape index (κ1) is 12.0. The second kappa shape index (κ2) is 5.23. The molecule has 88 valence electrons. The van der Waals surface area contributed by atoms with E-state index in [1.807, 2.05) is 6.07 Å². The van der Waals surface area contributed by atoms with E-state index < -0.39 is 0 Å². The molecule has 17 heavy (non-hydrogen) atoms. The summed E-state index contributed by atoms with van der Waals surface area (Å²) in [6, 6.07) is 9.94. The highest BCUT2D eigenvalue weighted by atomic mass is 32.2. The third-order valence-corrected chi connectivity index (χ3v) is 3.70. The van der Waals surface area contributed by atoms with E-state index in [4.69, 9.17) is 4.42 Å². The lowest BCUT2D eigenvalue weighted by Crippen LogP contribution is -1.83. The lowest BCUT2D eigenvalue weighted by Gasteiger charge is -2.05. The molecule has 0 atom stereocenters. The molecule has 0 unspecified atom stereocenters. The van der Waals surface area contributed by atoms with Gasteiger partial charge in [0.25, 0.3) is 0 Å². The van der Waals surface area contributed by atoms with Crippen LogP contribution in [0.2, 0.25) is 0 Å². The molecule has 0 spiro atoms. The fourth-order valence-corrected chi connectivity index (χ4v) is 2.55. The smallest absolute Gasteiger partial charge is 0.185 e. The van der Waals surface area contributed by atoms with Crippen LogP contribution >= 0.6 is 11.8 Å². The van der Waals surface area contributed by atoms with E-state index in [1.165, 1.54) is 16.0 Å². The van der Waals surface area contributed by atoms with E-state index in [0.29, 0.717) is 5.76 Å². The van der Waals surface area contributed by atoms with Crippen molar-refractivity contribution in [2.45, 2.75) is 24.5 Å². The fraction of sp³-hybridized carbons (Fsp3) is 0.214. The minimum absolute atomic E-state index is 0.390. The first-order valence-corrected chi connectivity index (χ1v) is 6.41. The van der Waals surface area contributed by atoms with E-state index in [-0.39, 0.29) is 0 Å². The molecule has 2 rings (SSSR count). The molecule has 2 aromatic rings. The quantitative estimate of drug-likeness (QED) is 0.603. The average molecular weight is 246 g/mol. The first-order chi connectivity index (χ1) is 8.19. The topological polar surface area (TPSA) is 30.2 Å². The summed E-state index contributed by atoms with van der Waals surface area (Å²) in [6.45, 7) is 4.19. The second-order valence-electron chi connectivity index (χ2n) is 3.98. The SMILES string of the molecule is Cc1ccc(SCc2ccc(C=O)o2)c(C)c1. The molecule has 0 aliphatic rings. The number of rotatable bonds is 4. The summed E-state index contributed by atoms with van der Waals surface area (Å²) in [6.07, 6.45) is 0.727. The monoisotopic (exact) mass is 246 g/mol. The number of hydrogen-bond donors (Lipinski definition) is 0. The van der Waals surface area contributed by atoms with Gasteiger partial charge >= 0.3 is 0 Å². The van der Waals surface area contributed by atoms with Gasteiger partial charge in [-0.05, 0) is 37.6 Å². The van der Waals surface area contributed by atoms with Crippen LogP contribution in [0.3, 0.4) is 0 Å². The summed E-state index contributed by atoms with van der Waals surface area (Å²) in [4.78, 5) is 11.7. The van der Waals surface area contributed by atoms with Crippen molar-refractivity contribution in [3.8, 4) is 0 Å². The van der Waals surface area contributed by atoms with Crippen molar-refractivity contribution in [3.63, 3.8) is 0 Å². The van der Waals surface area contributed by atoms with Gasteiger partial charge in [-0.15, -0.1) is 11.8 Å². The normalized spacial score (nSPS) is 10.5. The average Bonchev–Trinajstić information content (AvgIpc) is 2.76. The molecule has 0 bridgehead atoms. The van der Waals surface area contributed by atoms with E-state index in [2.05, 4.69) is 32.0 Å². The molecule has 1 heterocycles. The van der Waals surface area contributed by atoms with Gasteiger partial charge in [-0.3, -0.25) is 4.79 Å². The Labute approximate surface area is 105 Å². The van der Waals surface area contributed by atoms with Crippen molar-refractivity contribution in [3.05, 3.63) is 53.0 Å².